The van der Waals surface area contributed by atoms with E-state index in [1.807, 2.05) is 24.3 Å². The van der Waals surface area contributed by atoms with Gasteiger partial charge in [0.25, 0.3) is 0 Å². The molecule has 2 aromatic rings. The maximum absolute atomic E-state index is 5.95. The van der Waals surface area contributed by atoms with Gasteiger partial charge in [0, 0.05) is 22.9 Å². The van der Waals surface area contributed by atoms with Crippen molar-refractivity contribution in [1.29, 1.82) is 0 Å². The minimum absolute atomic E-state index is 0.756. The Morgan fingerprint density at radius 1 is 1.21 bits per heavy atom. The third kappa shape index (κ3) is 3.74. The van der Waals surface area contributed by atoms with Gasteiger partial charge >= 0.3 is 0 Å². The van der Waals surface area contributed by atoms with E-state index in [-0.39, 0.29) is 0 Å². The molecule has 0 fully saturated rings. The zero-order valence-corrected chi connectivity index (χ0v) is 12.2. The van der Waals surface area contributed by atoms with E-state index in [0.717, 1.165) is 36.6 Å². The van der Waals surface area contributed by atoms with Gasteiger partial charge in [0.05, 0.1) is 12.2 Å². The number of halogens is 1. The first-order valence-corrected chi connectivity index (χ1v) is 7.15. The number of aromatic nitrogens is 2. The van der Waals surface area contributed by atoms with E-state index < -0.39 is 0 Å². The molecule has 0 unspecified atom stereocenters. The summed E-state index contributed by atoms with van der Waals surface area (Å²) in [5.74, 6) is 0. The number of rotatable bonds is 6. The van der Waals surface area contributed by atoms with Crippen LogP contribution in [0.3, 0.4) is 0 Å². The van der Waals surface area contributed by atoms with E-state index in [4.69, 9.17) is 11.6 Å². The Morgan fingerprint density at radius 3 is 2.74 bits per heavy atom. The van der Waals surface area contributed by atoms with Crippen molar-refractivity contribution in [2.75, 3.05) is 11.9 Å². The van der Waals surface area contributed by atoms with E-state index in [1.54, 1.807) is 0 Å². The second-order valence-electron chi connectivity index (χ2n) is 4.49. The highest BCUT2D eigenvalue weighted by Gasteiger charge is 2.04. The van der Waals surface area contributed by atoms with Crippen LogP contribution in [0.1, 0.15) is 25.2 Å². The Morgan fingerprint density at radius 2 is 2.05 bits per heavy atom. The smallest absolute Gasteiger partial charge is 0.0624 e. The summed E-state index contributed by atoms with van der Waals surface area (Å²) < 4.78 is 2.09. The van der Waals surface area contributed by atoms with Crippen molar-refractivity contribution >= 4 is 17.3 Å². The second-order valence-corrected chi connectivity index (χ2v) is 4.93. The first-order chi connectivity index (χ1) is 9.22. The number of anilines is 1. The number of hydrogen-bond acceptors (Lipinski definition) is 2. The monoisotopic (exact) mass is 277 g/mol. The standard InChI is InChI=1S/C15H20ClN3/c1-3-13-11-15(4-2)19(18-13)9-8-17-14-7-5-6-12(16)10-14/h5-7,10-11,17H,3-4,8-9H2,1-2H3. The highest BCUT2D eigenvalue weighted by molar-refractivity contribution is 6.30. The van der Waals surface area contributed by atoms with Crippen LogP contribution in [0.5, 0.6) is 0 Å². The Hall–Kier alpha value is -1.48. The van der Waals surface area contributed by atoms with Gasteiger partial charge in [0.2, 0.25) is 0 Å². The molecule has 0 amide bonds. The summed E-state index contributed by atoms with van der Waals surface area (Å²) in [5.41, 5.74) is 3.51. The molecule has 0 radical (unpaired) electrons. The summed E-state index contributed by atoms with van der Waals surface area (Å²) in [6.07, 6.45) is 2.01. The van der Waals surface area contributed by atoms with Crippen LogP contribution in [-0.2, 0) is 19.4 Å². The predicted molar refractivity (Wildman–Crippen MR) is 80.9 cm³/mol. The normalized spacial score (nSPS) is 10.7. The average molecular weight is 278 g/mol. The molecule has 2 rings (SSSR count). The molecular weight excluding hydrogens is 258 g/mol. The first kappa shape index (κ1) is 13.9. The lowest BCUT2D eigenvalue weighted by molar-refractivity contribution is 0.600. The maximum Gasteiger partial charge on any atom is 0.0624 e. The Bertz CT molecular complexity index is 534. The third-order valence-corrected chi connectivity index (χ3v) is 3.35. The van der Waals surface area contributed by atoms with Crippen molar-refractivity contribution in [2.24, 2.45) is 0 Å². The molecule has 0 aliphatic carbocycles. The van der Waals surface area contributed by atoms with Gasteiger partial charge in [0.1, 0.15) is 0 Å². The molecule has 1 aromatic carbocycles. The molecule has 0 aliphatic heterocycles. The lowest BCUT2D eigenvalue weighted by Crippen LogP contribution is -2.13. The third-order valence-electron chi connectivity index (χ3n) is 3.12. The molecule has 1 N–H and O–H groups in total. The lowest BCUT2D eigenvalue weighted by Gasteiger charge is -2.09. The molecule has 4 heteroatoms. The Kier molecular flexibility index (Phi) is 4.86. The SMILES string of the molecule is CCc1cc(CC)n(CCNc2cccc(Cl)c2)n1. The van der Waals surface area contributed by atoms with Gasteiger partial charge in [-0.25, -0.2) is 0 Å². The molecule has 0 saturated carbocycles. The molecule has 0 bridgehead atoms. The number of hydrogen-bond donors (Lipinski definition) is 1. The molecule has 1 aromatic heterocycles. The average Bonchev–Trinajstić information content (AvgIpc) is 2.81. The van der Waals surface area contributed by atoms with Crippen molar-refractivity contribution in [1.82, 2.24) is 9.78 Å². The summed E-state index contributed by atoms with van der Waals surface area (Å²) in [4.78, 5) is 0. The quantitative estimate of drug-likeness (QED) is 0.871. The second kappa shape index (κ2) is 6.62. The van der Waals surface area contributed by atoms with E-state index in [1.165, 1.54) is 11.4 Å². The van der Waals surface area contributed by atoms with Crippen molar-refractivity contribution < 1.29 is 0 Å². The molecular formula is C15H20ClN3. The minimum atomic E-state index is 0.756. The Labute approximate surface area is 119 Å². The molecule has 0 aliphatic rings. The highest BCUT2D eigenvalue weighted by Crippen LogP contribution is 2.14. The highest BCUT2D eigenvalue weighted by atomic mass is 35.5. The number of benzene rings is 1. The van der Waals surface area contributed by atoms with Crippen LogP contribution >= 0.6 is 11.6 Å². The van der Waals surface area contributed by atoms with Crippen LogP contribution in [0.25, 0.3) is 0 Å². The van der Waals surface area contributed by atoms with Crippen LogP contribution in [-0.4, -0.2) is 16.3 Å². The number of nitrogens with one attached hydrogen (secondary N) is 1. The van der Waals surface area contributed by atoms with E-state index >= 15 is 0 Å². The summed E-state index contributed by atoms with van der Waals surface area (Å²) in [5, 5.41) is 8.72. The topological polar surface area (TPSA) is 29.9 Å². The summed E-state index contributed by atoms with van der Waals surface area (Å²) in [7, 11) is 0. The maximum atomic E-state index is 5.95. The van der Waals surface area contributed by atoms with E-state index in [0.29, 0.717) is 0 Å². The minimum Gasteiger partial charge on any atom is -0.383 e. The lowest BCUT2D eigenvalue weighted by atomic mass is 10.2. The van der Waals surface area contributed by atoms with Gasteiger partial charge in [-0.05, 0) is 37.1 Å². The number of nitrogens with zero attached hydrogens (tertiary/aromatic N) is 2. The molecule has 0 spiro atoms. The molecule has 3 nitrogen and oxygen atoms in total. The van der Waals surface area contributed by atoms with Crippen molar-refractivity contribution in [3.05, 3.63) is 46.7 Å². The van der Waals surface area contributed by atoms with E-state index in [9.17, 15) is 0 Å². The summed E-state index contributed by atoms with van der Waals surface area (Å²) >= 11 is 5.95. The first-order valence-electron chi connectivity index (χ1n) is 6.78. The van der Waals surface area contributed by atoms with Crippen molar-refractivity contribution in [3.63, 3.8) is 0 Å². The van der Waals surface area contributed by atoms with Crippen LogP contribution in [0.2, 0.25) is 5.02 Å². The van der Waals surface area contributed by atoms with Crippen LogP contribution in [0.15, 0.2) is 30.3 Å². The van der Waals surface area contributed by atoms with Crippen LogP contribution in [0.4, 0.5) is 5.69 Å². The summed E-state index contributed by atoms with van der Waals surface area (Å²) in [6.45, 7) is 6.02. The molecule has 102 valence electrons. The fourth-order valence-corrected chi connectivity index (χ4v) is 2.26. The van der Waals surface area contributed by atoms with Gasteiger partial charge < -0.3 is 5.32 Å². The van der Waals surface area contributed by atoms with Crippen molar-refractivity contribution in [3.8, 4) is 0 Å². The van der Waals surface area contributed by atoms with Gasteiger partial charge in [0.15, 0.2) is 0 Å². The van der Waals surface area contributed by atoms with Gasteiger partial charge in [-0.3, -0.25) is 4.68 Å². The zero-order chi connectivity index (χ0) is 13.7. The van der Waals surface area contributed by atoms with Gasteiger partial charge in [-0.2, -0.15) is 5.10 Å². The fourth-order valence-electron chi connectivity index (χ4n) is 2.07. The molecule has 19 heavy (non-hydrogen) atoms. The predicted octanol–water partition coefficient (Wildman–Crippen LogP) is 3.77. The van der Waals surface area contributed by atoms with Crippen molar-refractivity contribution in [2.45, 2.75) is 33.2 Å². The molecule has 0 saturated heterocycles. The fraction of sp³-hybridized carbons (Fsp3) is 0.400. The Balaban J connectivity index is 1.93. The number of aryl methyl sites for hydroxylation is 2. The molecule has 0 atom stereocenters. The van der Waals surface area contributed by atoms with Crippen LogP contribution in [0, 0.1) is 0 Å². The van der Waals surface area contributed by atoms with Crippen LogP contribution < -0.4 is 5.32 Å². The largest absolute Gasteiger partial charge is 0.383 e. The van der Waals surface area contributed by atoms with Gasteiger partial charge in [-0.1, -0.05) is 31.5 Å². The summed E-state index contributed by atoms with van der Waals surface area (Å²) in [6, 6.07) is 9.98. The zero-order valence-electron chi connectivity index (χ0n) is 11.5. The molecule has 1 heterocycles. The van der Waals surface area contributed by atoms with E-state index in [2.05, 4.69) is 35.0 Å². The van der Waals surface area contributed by atoms with Gasteiger partial charge in [-0.15, -0.1) is 0 Å².